The van der Waals surface area contributed by atoms with E-state index in [0.717, 1.165) is 34.2 Å². The fraction of sp³-hybridized carbons (Fsp3) is 0.158. The largest absolute Gasteiger partial charge is 0.322 e. The van der Waals surface area contributed by atoms with E-state index in [9.17, 15) is 4.79 Å². The molecule has 0 atom stereocenters. The van der Waals surface area contributed by atoms with Crippen LogP contribution in [0.25, 0.3) is 15.5 Å². The van der Waals surface area contributed by atoms with Crippen molar-refractivity contribution < 1.29 is 4.79 Å². The van der Waals surface area contributed by atoms with Gasteiger partial charge in [0.1, 0.15) is 5.01 Å². The van der Waals surface area contributed by atoms with Gasteiger partial charge in [0.05, 0.1) is 10.0 Å². The van der Waals surface area contributed by atoms with Gasteiger partial charge in [0.15, 0.2) is 5.82 Å². The van der Waals surface area contributed by atoms with Crippen LogP contribution in [0.2, 0.25) is 10.0 Å². The summed E-state index contributed by atoms with van der Waals surface area (Å²) in [5, 5.41) is 17.4. The van der Waals surface area contributed by atoms with Crippen molar-refractivity contribution in [3.05, 3.63) is 63.9 Å². The fourth-order valence-corrected chi connectivity index (χ4v) is 3.88. The van der Waals surface area contributed by atoms with Gasteiger partial charge in [-0.05, 0) is 36.8 Å². The Kier molecular flexibility index (Phi) is 5.30. The maximum Gasteiger partial charge on any atom is 0.255 e. The van der Waals surface area contributed by atoms with Crippen LogP contribution in [-0.2, 0) is 6.42 Å². The minimum Gasteiger partial charge on any atom is -0.322 e. The molecule has 0 spiro atoms. The van der Waals surface area contributed by atoms with Crippen molar-refractivity contribution >= 4 is 51.1 Å². The van der Waals surface area contributed by atoms with Crippen molar-refractivity contribution in [2.24, 2.45) is 0 Å². The number of fused-ring (bicyclic) bond motifs is 1. The summed E-state index contributed by atoms with van der Waals surface area (Å²) in [4.78, 5) is 13.2. The molecule has 0 aliphatic rings. The van der Waals surface area contributed by atoms with Gasteiger partial charge < -0.3 is 5.32 Å². The van der Waals surface area contributed by atoms with E-state index in [1.807, 2.05) is 24.3 Å². The van der Waals surface area contributed by atoms with Gasteiger partial charge in [-0.2, -0.15) is 9.61 Å². The maximum absolute atomic E-state index is 12.5. The lowest BCUT2D eigenvalue weighted by Crippen LogP contribution is -2.11. The first-order valence-corrected chi connectivity index (χ1v) is 10.2. The summed E-state index contributed by atoms with van der Waals surface area (Å²) >= 11 is 13.4. The second kappa shape index (κ2) is 7.87. The van der Waals surface area contributed by atoms with E-state index in [-0.39, 0.29) is 5.91 Å². The van der Waals surface area contributed by atoms with E-state index < -0.39 is 0 Å². The molecule has 0 saturated carbocycles. The van der Waals surface area contributed by atoms with E-state index in [0.29, 0.717) is 21.3 Å². The standard InChI is InChI=1S/C19H15Cl2N5OS/c1-2-4-16-23-24-19-26(16)25-18(28-19)12-5-3-6-13(9-12)22-17(27)11-7-8-14(20)15(21)10-11/h3,5-10H,2,4H2,1H3,(H,22,27). The number of hydrogen-bond donors (Lipinski definition) is 1. The molecule has 0 aliphatic heterocycles. The number of halogens is 2. The van der Waals surface area contributed by atoms with E-state index in [1.54, 1.807) is 22.7 Å². The Hall–Kier alpha value is -2.48. The van der Waals surface area contributed by atoms with Crippen LogP contribution in [0.15, 0.2) is 42.5 Å². The smallest absolute Gasteiger partial charge is 0.255 e. The molecule has 1 N–H and O–H groups in total. The highest BCUT2D eigenvalue weighted by Gasteiger charge is 2.14. The first-order chi connectivity index (χ1) is 13.5. The van der Waals surface area contributed by atoms with Crippen LogP contribution in [0.4, 0.5) is 5.69 Å². The van der Waals surface area contributed by atoms with E-state index in [4.69, 9.17) is 23.2 Å². The third-order valence-corrected chi connectivity index (χ3v) is 5.77. The first-order valence-electron chi connectivity index (χ1n) is 8.63. The Morgan fingerprint density at radius 1 is 1.14 bits per heavy atom. The van der Waals surface area contributed by atoms with Gasteiger partial charge in [-0.3, -0.25) is 4.79 Å². The van der Waals surface area contributed by atoms with Crippen LogP contribution in [0.3, 0.4) is 0 Å². The third kappa shape index (κ3) is 3.73. The summed E-state index contributed by atoms with van der Waals surface area (Å²) in [6.45, 7) is 2.09. The van der Waals surface area contributed by atoms with Gasteiger partial charge >= 0.3 is 0 Å². The molecule has 4 aromatic rings. The topological polar surface area (TPSA) is 72.2 Å². The van der Waals surface area contributed by atoms with Crippen molar-refractivity contribution in [3.8, 4) is 10.6 Å². The normalized spacial score (nSPS) is 11.1. The highest BCUT2D eigenvalue weighted by atomic mass is 35.5. The fourth-order valence-electron chi connectivity index (χ4n) is 2.72. The molecule has 0 unspecified atom stereocenters. The Bertz CT molecular complexity index is 1170. The van der Waals surface area contributed by atoms with Gasteiger partial charge in [0, 0.05) is 23.2 Å². The second-order valence-electron chi connectivity index (χ2n) is 6.13. The summed E-state index contributed by atoms with van der Waals surface area (Å²) in [7, 11) is 0. The Morgan fingerprint density at radius 2 is 2.00 bits per heavy atom. The SMILES string of the molecule is CCCc1nnc2sc(-c3cccc(NC(=O)c4ccc(Cl)c(Cl)c4)c3)nn12. The molecular weight excluding hydrogens is 417 g/mol. The number of aromatic nitrogens is 4. The van der Waals surface area contributed by atoms with Crippen molar-refractivity contribution in [1.29, 1.82) is 0 Å². The minimum absolute atomic E-state index is 0.265. The number of nitrogens with one attached hydrogen (secondary N) is 1. The number of carbonyl (C=O) groups excluding carboxylic acids is 1. The summed E-state index contributed by atoms with van der Waals surface area (Å²) in [6.07, 6.45) is 1.80. The second-order valence-corrected chi connectivity index (χ2v) is 7.90. The van der Waals surface area contributed by atoms with E-state index in [1.165, 1.54) is 11.3 Å². The zero-order chi connectivity index (χ0) is 19.7. The van der Waals surface area contributed by atoms with Crippen molar-refractivity contribution in [2.45, 2.75) is 19.8 Å². The molecule has 142 valence electrons. The first kappa shape index (κ1) is 18.9. The molecule has 9 heteroatoms. The van der Waals surface area contributed by atoms with Crippen LogP contribution in [-0.4, -0.2) is 25.7 Å². The molecular formula is C19H15Cl2N5OS. The predicted molar refractivity (Wildman–Crippen MR) is 113 cm³/mol. The van der Waals surface area contributed by atoms with Crippen LogP contribution < -0.4 is 5.32 Å². The molecule has 6 nitrogen and oxygen atoms in total. The Balaban J connectivity index is 1.59. The number of hydrogen-bond acceptors (Lipinski definition) is 5. The monoisotopic (exact) mass is 431 g/mol. The van der Waals surface area contributed by atoms with Crippen LogP contribution >= 0.6 is 34.5 Å². The highest BCUT2D eigenvalue weighted by Crippen LogP contribution is 2.28. The van der Waals surface area contributed by atoms with Gasteiger partial charge in [-0.1, -0.05) is 53.6 Å². The number of amides is 1. The van der Waals surface area contributed by atoms with Crippen LogP contribution in [0, 0.1) is 0 Å². The number of rotatable bonds is 5. The molecule has 2 aromatic heterocycles. The molecule has 0 bridgehead atoms. The van der Waals surface area contributed by atoms with Crippen molar-refractivity contribution in [1.82, 2.24) is 19.8 Å². The summed E-state index contributed by atoms with van der Waals surface area (Å²) in [6, 6.07) is 12.3. The molecule has 2 aromatic carbocycles. The van der Waals surface area contributed by atoms with Crippen LogP contribution in [0.1, 0.15) is 29.5 Å². The number of nitrogens with zero attached hydrogens (tertiary/aromatic N) is 4. The average Bonchev–Trinajstić information content (AvgIpc) is 3.26. The van der Waals surface area contributed by atoms with Crippen LogP contribution in [0.5, 0.6) is 0 Å². The number of carbonyl (C=O) groups is 1. The lowest BCUT2D eigenvalue weighted by molar-refractivity contribution is 0.102. The zero-order valence-electron chi connectivity index (χ0n) is 14.8. The molecule has 0 fully saturated rings. The molecule has 4 rings (SSSR count). The number of aryl methyl sites for hydroxylation is 1. The van der Waals surface area contributed by atoms with Crippen molar-refractivity contribution in [2.75, 3.05) is 5.32 Å². The zero-order valence-corrected chi connectivity index (χ0v) is 17.1. The van der Waals surface area contributed by atoms with Crippen molar-refractivity contribution in [3.63, 3.8) is 0 Å². The van der Waals surface area contributed by atoms with Gasteiger partial charge in [-0.15, -0.1) is 10.2 Å². The lowest BCUT2D eigenvalue weighted by atomic mass is 10.2. The average molecular weight is 432 g/mol. The Labute approximate surface area is 175 Å². The minimum atomic E-state index is -0.265. The van der Waals surface area contributed by atoms with Gasteiger partial charge in [0.2, 0.25) is 4.96 Å². The molecule has 2 heterocycles. The highest BCUT2D eigenvalue weighted by molar-refractivity contribution is 7.19. The number of benzene rings is 2. The van der Waals surface area contributed by atoms with E-state index in [2.05, 4.69) is 27.5 Å². The predicted octanol–water partition coefficient (Wildman–Crippen LogP) is 5.36. The summed E-state index contributed by atoms with van der Waals surface area (Å²) < 4.78 is 1.78. The molecule has 28 heavy (non-hydrogen) atoms. The maximum atomic E-state index is 12.5. The molecule has 0 radical (unpaired) electrons. The summed E-state index contributed by atoms with van der Waals surface area (Å²) in [5.41, 5.74) is 1.99. The summed E-state index contributed by atoms with van der Waals surface area (Å²) in [5.74, 6) is 0.586. The number of anilines is 1. The molecule has 1 amide bonds. The lowest BCUT2D eigenvalue weighted by Gasteiger charge is -2.07. The van der Waals surface area contributed by atoms with Gasteiger partial charge in [0.25, 0.3) is 5.91 Å². The third-order valence-electron chi connectivity index (χ3n) is 4.08. The Morgan fingerprint density at radius 3 is 2.79 bits per heavy atom. The quantitative estimate of drug-likeness (QED) is 0.461. The van der Waals surface area contributed by atoms with E-state index >= 15 is 0 Å². The molecule has 0 aliphatic carbocycles. The molecule has 0 saturated heterocycles. The van der Waals surface area contributed by atoms with Gasteiger partial charge in [-0.25, -0.2) is 0 Å².